The molecule has 0 saturated heterocycles. The van der Waals surface area contributed by atoms with Crippen molar-refractivity contribution in [2.45, 2.75) is 52.1 Å². The summed E-state index contributed by atoms with van der Waals surface area (Å²) in [4.78, 5) is 31.9. The third-order valence-electron chi connectivity index (χ3n) is 6.90. The van der Waals surface area contributed by atoms with Gasteiger partial charge in [0.05, 0.1) is 12.5 Å². The van der Waals surface area contributed by atoms with Gasteiger partial charge in [-0.2, -0.15) is 0 Å². The van der Waals surface area contributed by atoms with E-state index in [1.165, 1.54) is 4.88 Å². The largest absolute Gasteiger partial charge is 0.491 e. The lowest BCUT2D eigenvalue weighted by Crippen LogP contribution is -2.50. The molecule has 0 fully saturated rings. The zero-order valence-corrected chi connectivity index (χ0v) is 22.6. The third-order valence-corrected chi connectivity index (χ3v) is 8.32. The zero-order valence-electron chi connectivity index (χ0n) is 21.1. The molecule has 0 N–H and O–H groups in total. The molecule has 190 valence electrons. The van der Waals surface area contributed by atoms with Gasteiger partial charge in [0.1, 0.15) is 18.9 Å². The molecule has 2 atom stereocenters. The Morgan fingerprint density at radius 1 is 1.19 bits per heavy atom. The van der Waals surface area contributed by atoms with Crippen LogP contribution in [0.3, 0.4) is 0 Å². The van der Waals surface area contributed by atoms with Crippen molar-refractivity contribution >= 4 is 34.8 Å². The maximum atomic E-state index is 13.7. The van der Waals surface area contributed by atoms with Crippen LogP contribution in [0.2, 0.25) is 5.02 Å². The van der Waals surface area contributed by atoms with Gasteiger partial charge in [0, 0.05) is 22.5 Å². The standard InChI is InChI=1S/C29H33ClN2O3S/c1-4-21(3)32(28(33)17-22-8-6-5-7-9-22)18-29(34)31-14-12-27-24(13-15-36-27)26(31)19-35-23-10-11-25(30)20(2)16-23/h5-11,13,15-16,21,26H,4,12,14,17-19H2,1-3H3/t21-,26-/m1/s1. The first-order chi connectivity index (χ1) is 17.4. The first-order valence-electron chi connectivity index (χ1n) is 12.5. The van der Waals surface area contributed by atoms with Crippen LogP contribution >= 0.6 is 22.9 Å². The van der Waals surface area contributed by atoms with Gasteiger partial charge >= 0.3 is 0 Å². The maximum Gasteiger partial charge on any atom is 0.242 e. The number of hydrogen-bond acceptors (Lipinski definition) is 4. The molecule has 0 radical (unpaired) electrons. The molecule has 2 heterocycles. The number of hydrogen-bond donors (Lipinski definition) is 0. The molecule has 0 spiro atoms. The quantitative estimate of drug-likeness (QED) is 0.340. The Morgan fingerprint density at radius 2 is 1.97 bits per heavy atom. The van der Waals surface area contributed by atoms with Gasteiger partial charge in [-0.1, -0.05) is 48.9 Å². The van der Waals surface area contributed by atoms with E-state index in [9.17, 15) is 9.59 Å². The Labute approximate surface area is 222 Å². The number of carbonyl (C=O) groups is 2. The summed E-state index contributed by atoms with van der Waals surface area (Å²) in [6, 6.07) is 17.1. The lowest BCUT2D eigenvalue weighted by atomic mass is 10.00. The fourth-order valence-corrected chi connectivity index (χ4v) is 5.62. The fraction of sp³-hybridized carbons (Fsp3) is 0.379. The van der Waals surface area contributed by atoms with Gasteiger partial charge < -0.3 is 14.5 Å². The topological polar surface area (TPSA) is 49.9 Å². The van der Waals surface area contributed by atoms with Crippen molar-refractivity contribution in [3.63, 3.8) is 0 Å². The number of thiophene rings is 1. The lowest BCUT2D eigenvalue weighted by Gasteiger charge is -2.38. The molecule has 1 aromatic heterocycles. The number of rotatable bonds is 9. The van der Waals surface area contributed by atoms with E-state index >= 15 is 0 Å². The molecule has 2 amide bonds. The van der Waals surface area contributed by atoms with E-state index in [0.717, 1.165) is 35.3 Å². The number of carbonyl (C=O) groups excluding carboxylic acids is 2. The van der Waals surface area contributed by atoms with E-state index in [1.807, 2.05) is 74.2 Å². The second-order valence-electron chi connectivity index (χ2n) is 9.32. The molecule has 1 aliphatic heterocycles. The molecule has 7 heteroatoms. The van der Waals surface area contributed by atoms with Gasteiger partial charge in [0.25, 0.3) is 0 Å². The number of halogens is 1. The molecule has 0 aliphatic carbocycles. The van der Waals surface area contributed by atoms with E-state index in [1.54, 1.807) is 16.2 Å². The van der Waals surface area contributed by atoms with E-state index in [2.05, 4.69) is 11.4 Å². The van der Waals surface area contributed by atoms with Crippen LogP contribution in [0.15, 0.2) is 60.0 Å². The van der Waals surface area contributed by atoms with Gasteiger partial charge in [-0.3, -0.25) is 9.59 Å². The van der Waals surface area contributed by atoms with Crippen LogP contribution in [-0.4, -0.2) is 47.4 Å². The fourth-order valence-electron chi connectivity index (χ4n) is 4.58. The van der Waals surface area contributed by atoms with Gasteiger partial charge in [-0.25, -0.2) is 0 Å². The van der Waals surface area contributed by atoms with Crippen molar-refractivity contribution in [1.29, 1.82) is 0 Å². The first-order valence-corrected chi connectivity index (χ1v) is 13.7. The maximum absolute atomic E-state index is 13.7. The van der Waals surface area contributed by atoms with Crippen LogP contribution in [-0.2, 0) is 22.4 Å². The summed E-state index contributed by atoms with van der Waals surface area (Å²) in [5.41, 5.74) is 3.03. The summed E-state index contributed by atoms with van der Waals surface area (Å²) in [6.07, 6.45) is 1.89. The average Bonchev–Trinajstić information content (AvgIpc) is 3.37. The molecule has 0 unspecified atom stereocenters. The van der Waals surface area contributed by atoms with Crippen molar-refractivity contribution in [2.75, 3.05) is 19.7 Å². The number of nitrogens with zero attached hydrogens (tertiary/aromatic N) is 2. The second-order valence-corrected chi connectivity index (χ2v) is 10.7. The predicted octanol–water partition coefficient (Wildman–Crippen LogP) is 6.08. The summed E-state index contributed by atoms with van der Waals surface area (Å²) >= 11 is 7.89. The Morgan fingerprint density at radius 3 is 2.69 bits per heavy atom. The van der Waals surface area contributed by atoms with E-state index in [-0.39, 0.29) is 36.9 Å². The van der Waals surface area contributed by atoms with E-state index in [0.29, 0.717) is 18.2 Å². The Kier molecular flexibility index (Phi) is 8.70. The van der Waals surface area contributed by atoms with Crippen LogP contribution < -0.4 is 4.74 Å². The van der Waals surface area contributed by atoms with E-state index in [4.69, 9.17) is 16.3 Å². The highest BCUT2D eigenvalue weighted by molar-refractivity contribution is 7.10. The van der Waals surface area contributed by atoms with Gasteiger partial charge in [-0.15, -0.1) is 11.3 Å². The highest BCUT2D eigenvalue weighted by Crippen LogP contribution is 2.34. The first kappa shape index (κ1) is 26.2. The molecular formula is C29H33ClN2O3S. The molecule has 0 saturated carbocycles. The number of fused-ring (bicyclic) bond motifs is 1. The van der Waals surface area contributed by atoms with Crippen LogP contribution in [0.25, 0.3) is 0 Å². The summed E-state index contributed by atoms with van der Waals surface area (Å²) in [5.74, 6) is 0.655. The summed E-state index contributed by atoms with van der Waals surface area (Å²) in [6.45, 7) is 7.02. The smallest absolute Gasteiger partial charge is 0.242 e. The molecular weight excluding hydrogens is 492 g/mol. The molecule has 5 nitrogen and oxygen atoms in total. The van der Waals surface area contributed by atoms with Gasteiger partial charge in [0.15, 0.2) is 0 Å². The summed E-state index contributed by atoms with van der Waals surface area (Å²) < 4.78 is 6.16. The molecule has 4 rings (SSSR count). The number of aryl methyl sites for hydroxylation is 1. The summed E-state index contributed by atoms with van der Waals surface area (Å²) in [7, 11) is 0. The average molecular weight is 525 g/mol. The van der Waals surface area contributed by atoms with Crippen LogP contribution in [0.4, 0.5) is 0 Å². The minimum absolute atomic E-state index is 0.0263. The van der Waals surface area contributed by atoms with Crippen LogP contribution in [0, 0.1) is 6.92 Å². The lowest BCUT2D eigenvalue weighted by molar-refractivity contribution is -0.144. The number of benzene rings is 2. The molecule has 1 aliphatic rings. The highest BCUT2D eigenvalue weighted by atomic mass is 35.5. The van der Waals surface area contributed by atoms with Crippen molar-refractivity contribution in [3.8, 4) is 5.75 Å². The Balaban J connectivity index is 1.51. The second kappa shape index (κ2) is 11.9. The van der Waals surface area contributed by atoms with Crippen molar-refractivity contribution < 1.29 is 14.3 Å². The minimum atomic E-state index is -0.202. The van der Waals surface area contributed by atoms with Crippen LogP contribution in [0.1, 0.15) is 47.9 Å². The normalized spacial score (nSPS) is 15.8. The minimum Gasteiger partial charge on any atom is -0.491 e. The number of ether oxygens (including phenoxy) is 1. The zero-order chi connectivity index (χ0) is 25.7. The molecule has 2 aromatic carbocycles. The SMILES string of the molecule is CC[C@@H](C)N(CC(=O)N1CCc2sccc2[C@H]1COc1ccc(Cl)c(C)c1)C(=O)Cc1ccccc1. The van der Waals surface area contributed by atoms with Gasteiger partial charge in [0.2, 0.25) is 11.8 Å². The molecule has 3 aromatic rings. The predicted molar refractivity (Wildman–Crippen MR) is 146 cm³/mol. The van der Waals surface area contributed by atoms with Crippen molar-refractivity contribution in [1.82, 2.24) is 9.80 Å². The molecule has 0 bridgehead atoms. The van der Waals surface area contributed by atoms with E-state index < -0.39 is 0 Å². The van der Waals surface area contributed by atoms with Gasteiger partial charge in [-0.05, 0) is 73.0 Å². The third kappa shape index (κ3) is 6.11. The Hall–Kier alpha value is -2.83. The van der Waals surface area contributed by atoms with Crippen molar-refractivity contribution in [3.05, 3.63) is 86.6 Å². The highest BCUT2D eigenvalue weighted by Gasteiger charge is 2.34. The summed E-state index contributed by atoms with van der Waals surface area (Å²) in [5, 5.41) is 2.77. The Bertz CT molecular complexity index is 1200. The monoisotopic (exact) mass is 524 g/mol. The van der Waals surface area contributed by atoms with Crippen LogP contribution in [0.5, 0.6) is 5.75 Å². The molecule has 36 heavy (non-hydrogen) atoms. The van der Waals surface area contributed by atoms with Crippen molar-refractivity contribution in [2.24, 2.45) is 0 Å². The number of amides is 2.